The molecule has 31 heavy (non-hydrogen) atoms. The molecule has 0 aromatic carbocycles. The molecule has 2 heteroatoms. The zero-order valence-corrected chi connectivity index (χ0v) is 22.0. The summed E-state index contributed by atoms with van der Waals surface area (Å²) in [6, 6.07) is 0. The molecule has 4 aliphatic rings. The highest BCUT2D eigenvalue weighted by Gasteiger charge is 2.60. The Labute approximate surface area is 198 Å². The second kappa shape index (κ2) is 9.48. The van der Waals surface area contributed by atoms with Crippen molar-refractivity contribution < 1.29 is 5.11 Å². The van der Waals surface area contributed by atoms with Crippen molar-refractivity contribution in [1.29, 1.82) is 0 Å². The summed E-state index contributed by atoms with van der Waals surface area (Å²) < 4.78 is 0. The molecule has 180 valence electrons. The number of fused-ring (bicyclic) bond motifs is 5. The molecule has 4 fully saturated rings. The Morgan fingerprint density at radius 2 is 1.55 bits per heavy atom. The van der Waals surface area contributed by atoms with Crippen LogP contribution in [0.3, 0.4) is 0 Å². The second-order valence-electron chi connectivity index (χ2n) is 13.3. The van der Waals surface area contributed by atoms with E-state index in [-0.39, 0.29) is 0 Å². The van der Waals surface area contributed by atoms with Gasteiger partial charge in [0.05, 0.1) is 0 Å². The largest absolute Gasteiger partial charge is 0.396 e. The number of alkyl halides is 1. The lowest BCUT2D eigenvalue weighted by Gasteiger charge is -2.61. The van der Waals surface area contributed by atoms with Crippen molar-refractivity contribution in [3.05, 3.63) is 0 Å². The van der Waals surface area contributed by atoms with Gasteiger partial charge in [0, 0.05) is 12.0 Å². The third kappa shape index (κ3) is 4.38. The molecule has 0 heterocycles. The Bertz CT molecular complexity index is 604. The van der Waals surface area contributed by atoms with Crippen LogP contribution in [0.4, 0.5) is 0 Å². The van der Waals surface area contributed by atoms with Gasteiger partial charge in [-0.3, -0.25) is 0 Å². The third-order valence-electron chi connectivity index (χ3n) is 11.8. The third-order valence-corrected chi connectivity index (χ3v) is 12.2. The van der Waals surface area contributed by atoms with Crippen molar-refractivity contribution in [3.8, 4) is 0 Å². The number of hydrogen-bond donors (Lipinski definition) is 1. The van der Waals surface area contributed by atoms with Crippen LogP contribution in [-0.4, -0.2) is 17.1 Å². The van der Waals surface area contributed by atoms with Crippen molar-refractivity contribution in [1.82, 2.24) is 0 Å². The Kier molecular flexibility index (Phi) is 7.45. The average molecular weight is 451 g/mol. The SMILES string of the molecule is CC(C)[C@H](CCO)CC[C@@H](C)[C@H]1CC[C@H]2[C@@H]3CCC4CC(Cl)CC[C@]4(C)[C@H]3CC[C@]12C. The van der Waals surface area contributed by atoms with Gasteiger partial charge in [-0.05, 0) is 129 Å². The Morgan fingerprint density at radius 3 is 2.26 bits per heavy atom. The van der Waals surface area contributed by atoms with Crippen molar-refractivity contribution in [2.45, 2.75) is 117 Å². The summed E-state index contributed by atoms with van der Waals surface area (Å²) in [5.41, 5.74) is 1.16. The lowest BCUT2D eigenvalue weighted by atomic mass is 9.44. The topological polar surface area (TPSA) is 20.2 Å². The smallest absolute Gasteiger partial charge is 0.0433 e. The van der Waals surface area contributed by atoms with Gasteiger partial charge in [-0.15, -0.1) is 11.6 Å². The van der Waals surface area contributed by atoms with Crippen LogP contribution in [0, 0.1) is 58.2 Å². The minimum absolute atomic E-state index is 0.355. The molecule has 2 unspecified atom stereocenters. The molecule has 0 radical (unpaired) electrons. The maximum absolute atomic E-state index is 9.48. The van der Waals surface area contributed by atoms with Crippen LogP contribution in [0.1, 0.15) is 112 Å². The molecule has 0 aromatic heterocycles. The van der Waals surface area contributed by atoms with Gasteiger partial charge < -0.3 is 5.11 Å². The Hall–Kier alpha value is 0.250. The fraction of sp³-hybridized carbons (Fsp3) is 1.00. The van der Waals surface area contributed by atoms with E-state index in [1.165, 1.54) is 70.6 Å². The highest BCUT2D eigenvalue weighted by molar-refractivity contribution is 6.20. The average Bonchev–Trinajstić information content (AvgIpc) is 3.08. The van der Waals surface area contributed by atoms with E-state index in [1.807, 2.05) is 0 Å². The van der Waals surface area contributed by atoms with Crippen LogP contribution in [0.25, 0.3) is 0 Å². The lowest BCUT2D eigenvalue weighted by molar-refractivity contribution is -0.114. The van der Waals surface area contributed by atoms with E-state index >= 15 is 0 Å². The van der Waals surface area contributed by atoms with Gasteiger partial charge in [-0.2, -0.15) is 0 Å². The summed E-state index contributed by atoms with van der Waals surface area (Å²) >= 11 is 6.62. The van der Waals surface area contributed by atoms with Crippen LogP contribution in [-0.2, 0) is 0 Å². The minimum atomic E-state index is 0.355. The van der Waals surface area contributed by atoms with Gasteiger partial charge in [0.15, 0.2) is 0 Å². The Balaban J connectivity index is 1.43. The molecule has 4 aliphatic carbocycles. The summed E-state index contributed by atoms with van der Waals surface area (Å²) in [5.74, 6) is 6.98. The van der Waals surface area contributed by atoms with Gasteiger partial charge in [-0.1, -0.05) is 41.0 Å². The van der Waals surface area contributed by atoms with E-state index in [2.05, 4.69) is 34.6 Å². The summed E-state index contributed by atoms with van der Waals surface area (Å²) in [7, 11) is 0. The van der Waals surface area contributed by atoms with Gasteiger partial charge >= 0.3 is 0 Å². The van der Waals surface area contributed by atoms with Crippen molar-refractivity contribution in [3.63, 3.8) is 0 Å². The molecular formula is C29H51ClO. The first-order valence-electron chi connectivity index (χ1n) is 14.0. The zero-order chi connectivity index (χ0) is 22.4. The first kappa shape index (κ1) is 24.4. The van der Waals surface area contributed by atoms with Crippen LogP contribution in [0.2, 0.25) is 0 Å². The van der Waals surface area contributed by atoms with E-state index in [4.69, 9.17) is 11.6 Å². The maximum atomic E-state index is 9.48. The molecule has 10 atom stereocenters. The van der Waals surface area contributed by atoms with Crippen LogP contribution < -0.4 is 0 Å². The van der Waals surface area contributed by atoms with Crippen LogP contribution >= 0.6 is 11.6 Å². The van der Waals surface area contributed by atoms with Crippen molar-refractivity contribution in [2.24, 2.45) is 58.2 Å². The van der Waals surface area contributed by atoms with Gasteiger partial charge in [-0.25, -0.2) is 0 Å². The second-order valence-corrected chi connectivity index (χ2v) is 13.9. The van der Waals surface area contributed by atoms with Gasteiger partial charge in [0.2, 0.25) is 0 Å². The zero-order valence-electron chi connectivity index (χ0n) is 21.2. The number of halogens is 1. The van der Waals surface area contributed by atoms with E-state index in [0.717, 1.165) is 41.9 Å². The standard InChI is InChI=1S/C29H51ClO/c1-19(2)21(14-17-31)7-6-20(3)25-10-11-26-24-9-8-22-18-23(30)12-15-28(22,4)27(24)13-16-29(25,26)5/h19-27,31H,6-18H2,1-5H3/t20-,21+,22?,23?,24+,25-,26+,27+,28+,29-/m1/s1. The molecule has 4 rings (SSSR count). The molecule has 0 aliphatic heterocycles. The molecular weight excluding hydrogens is 400 g/mol. The van der Waals surface area contributed by atoms with Crippen molar-refractivity contribution in [2.75, 3.05) is 6.61 Å². The summed E-state index contributed by atoms with van der Waals surface area (Å²) in [4.78, 5) is 0. The Morgan fingerprint density at radius 1 is 0.839 bits per heavy atom. The van der Waals surface area contributed by atoms with Crippen LogP contribution in [0.5, 0.6) is 0 Å². The van der Waals surface area contributed by atoms with E-state index in [1.54, 1.807) is 0 Å². The fourth-order valence-electron chi connectivity index (χ4n) is 9.84. The summed E-state index contributed by atoms with van der Waals surface area (Å²) in [6.45, 7) is 13.0. The van der Waals surface area contributed by atoms with E-state index < -0.39 is 0 Å². The minimum Gasteiger partial charge on any atom is -0.396 e. The molecule has 0 aromatic rings. The predicted octanol–water partition coefficient (Wildman–Crippen LogP) is 8.32. The van der Waals surface area contributed by atoms with E-state index in [9.17, 15) is 5.11 Å². The van der Waals surface area contributed by atoms with Crippen molar-refractivity contribution >= 4 is 11.6 Å². The number of rotatable bonds is 7. The predicted molar refractivity (Wildman–Crippen MR) is 133 cm³/mol. The number of aliphatic hydroxyl groups is 1. The molecule has 4 saturated carbocycles. The normalized spacial score (nSPS) is 46.8. The maximum Gasteiger partial charge on any atom is 0.0433 e. The molecule has 0 amide bonds. The highest BCUT2D eigenvalue weighted by Crippen LogP contribution is 2.68. The monoisotopic (exact) mass is 450 g/mol. The summed E-state index contributed by atoms with van der Waals surface area (Å²) in [5, 5.41) is 9.92. The first-order valence-corrected chi connectivity index (χ1v) is 14.4. The molecule has 1 nitrogen and oxygen atoms in total. The molecule has 0 saturated heterocycles. The molecule has 0 bridgehead atoms. The van der Waals surface area contributed by atoms with Gasteiger partial charge in [0.25, 0.3) is 0 Å². The molecule has 0 spiro atoms. The summed E-state index contributed by atoms with van der Waals surface area (Å²) in [6.07, 6.45) is 16.5. The van der Waals surface area contributed by atoms with Crippen LogP contribution in [0.15, 0.2) is 0 Å². The lowest BCUT2D eigenvalue weighted by Crippen LogP contribution is -2.53. The number of aliphatic hydroxyl groups excluding tert-OH is 1. The van der Waals surface area contributed by atoms with Gasteiger partial charge in [0.1, 0.15) is 0 Å². The van der Waals surface area contributed by atoms with E-state index in [0.29, 0.717) is 34.6 Å². The first-order chi connectivity index (χ1) is 14.7. The number of hydrogen-bond acceptors (Lipinski definition) is 1. The fourth-order valence-corrected chi connectivity index (χ4v) is 10.2. The highest BCUT2D eigenvalue weighted by atomic mass is 35.5. The quantitative estimate of drug-likeness (QED) is 0.386. The molecule has 1 N–H and O–H groups in total.